The minimum absolute atomic E-state index is 0.308. The van der Waals surface area contributed by atoms with E-state index in [-0.39, 0.29) is 6.03 Å². The predicted octanol–water partition coefficient (Wildman–Crippen LogP) is 2.88. The van der Waals surface area contributed by atoms with Gasteiger partial charge in [-0.25, -0.2) is 4.79 Å². The normalized spacial score (nSPS) is 20.5. The number of aryl methyl sites for hydroxylation is 1. The van der Waals surface area contributed by atoms with Crippen molar-refractivity contribution in [3.05, 3.63) is 35.8 Å². The molecule has 20 heavy (non-hydrogen) atoms. The molecule has 0 aliphatic heterocycles. The summed E-state index contributed by atoms with van der Waals surface area (Å²) in [4.78, 5) is 15.9. The zero-order chi connectivity index (χ0) is 14.1. The van der Waals surface area contributed by atoms with Crippen LogP contribution in [-0.2, 0) is 0 Å². The Morgan fingerprint density at radius 3 is 2.90 bits per heavy atom. The average Bonchev–Trinajstić information content (AvgIpc) is 2.94. The summed E-state index contributed by atoms with van der Waals surface area (Å²) in [7, 11) is 0. The highest BCUT2D eigenvalue weighted by Gasteiger charge is 2.35. The highest BCUT2D eigenvalue weighted by molar-refractivity contribution is 5.99. The van der Waals surface area contributed by atoms with Crippen LogP contribution in [0.3, 0.4) is 0 Å². The van der Waals surface area contributed by atoms with Crippen LogP contribution < -0.4 is 10.6 Å². The first-order valence-corrected chi connectivity index (χ1v) is 6.68. The maximum atomic E-state index is 11.9. The maximum absolute atomic E-state index is 11.9. The number of hydrogen-bond acceptors (Lipinski definition) is 3. The lowest BCUT2D eigenvalue weighted by Crippen LogP contribution is -2.19. The number of aromatic amines is 1. The Balaban J connectivity index is 1.60. The fraction of sp³-hybridized carbons (Fsp3) is 0.357. The van der Waals surface area contributed by atoms with Crippen molar-refractivity contribution >= 4 is 17.5 Å². The summed E-state index contributed by atoms with van der Waals surface area (Å²) in [5.41, 5.74) is 2.65. The number of pyridine rings is 1. The largest absolute Gasteiger partial charge is 0.324 e. The van der Waals surface area contributed by atoms with Crippen molar-refractivity contribution in [2.45, 2.75) is 26.2 Å². The van der Waals surface area contributed by atoms with E-state index in [2.05, 4.69) is 32.7 Å². The van der Waals surface area contributed by atoms with Crippen LogP contribution in [-0.4, -0.2) is 21.2 Å². The molecule has 0 bridgehead atoms. The third kappa shape index (κ3) is 2.79. The van der Waals surface area contributed by atoms with Gasteiger partial charge in [-0.05, 0) is 31.4 Å². The molecule has 2 atom stereocenters. The molecule has 3 rings (SSSR count). The SMILES string of the molecule is Cc1cc(NC(=O)Nc2cc(C3CC3C)[nH]n2)ccn1. The summed E-state index contributed by atoms with van der Waals surface area (Å²) in [6.07, 6.45) is 2.84. The topological polar surface area (TPSA) is 82.7 Å². The molecule has 2 unspecified atom stereocenters. The lowest BCUT2D eigenvalue weighted by atomic mass is 10.2. The molecule has 2 amide bonds. The summed E-state index contributed by atoms with van der Waals surface area (Å²) in [5.74, 6) is 1.81. The lowest BCUT2D eigenvalue weighted by Gasteiger charge is -2.05. The second-order valence-electron chi connectivity index (χ2n) is 5.29. The summed E-state index contributed by atoms with van der Waals surface area (Å²) >= 11 is 0. The van der Waals surface area contributed by atoms with Crippen LogP contribution in [0.1, 0.15) is 30.7 Å². The monoisotopic (exact) mass is 271 g/mol. The van der Waals surface area contributed by atoms with Crippen LogP contribution in [0, 0.1) is 12.8 Å². The highest BCUT2D eigenvalue weighted by atomic mass is 16.2. The van der Waals surface area contributed by atoms with E-state index in [4.69, 9.17) is 0 Å². The second-order valence-corrected chi connectivity index (χ2v) is 5.29. The molecule has 6 heteroatoms. The standard InChI is InChI=1S/C14H17N5O/c1-8-5-11(8)12-7-13(19-18-12)17-14(20)16-10-3-4-15-9(2)6-10/h3-4,6-8,11H,5H2,1-2H3,(H3,15,16,17,18,19,20). The molecule has 1 aliphatic rings. The highest BCUT2D eigenvalue weighted by Crippen LogP contribution is 2.46. The molecule has 0 aromatic carbocycles. The molecule has 0 spiro atoms. The van der Waals surface area contributed by atoms with Gasteiger partial charge in [0, 0.05) is 35.3 Å². The molecule has 1 aliphatic carbocycles. The van der Waals surface area contributed by atoms with E-state index in [0.717, 1.165) is 11.4 Å². The van der Waals surface area contributed by atoms with Crippen LogP contribution in [0.5, 0.6) is 0 Å². The summed E-state index contributed by atoms with van der Waals surface area (Å²) in [6, 6.07) is 5.14. The van der Waals surface area contributed by atoms with Crippen LogP contribution >= 0.6 is 0 Å². The van der Waals surface area contributed by atoms with Crippen molar-refractivity contribution in [1.82, 2.24) is 15.2 Å². The maximum Gasteiger partial charge on any atom is 0.324 e. The van der Waals surface area contributed by atoms with E-state index >= 15 is 0 Å². The zero-order valence-corrected chi connectivity index (χ0v) is 11.5. The van der Waals surface area contributed by atoms with Crippen molar-refractivity contribution in [2.75, 3.05) is 10.6 Å². The van der Waals surface area contributed by atoms with E-state index in [1.165, 1.54) is 6.42 Å². The van der Waals surface area contributed by atoms with Gasteiger partial charge < -0.3 is 5.32 Å². The Morgan fingerprint density at radius 2 is 2.20 bits per heavy atom. The number of amides is 2. The van der Waals surface area contributed by atoms with E-state index in [9.17, 15) is 4.79 Å². The molecule has 2 aromatic heterocycles. The van der Waals surface area contributed by atoms with Crippen molar-refractivity contribution in [1.29, 1.82) is 0 Å². The second kappa shape index (κ2) is 4.96. The molecule has 2 heterocycles. The predicted molar refractivity (Wildman–Crippen MR) is 76.7 cm³/mol. The summed E-state index contributed by atoms with van der Waals surface area (Å²) in [5, 5.41) is 12.5. The molecule has 0 saturated heterocycles. The molecule has 1 saturated carbocycles. The van der Waals surface area contributed by atoms with Gasteiger partial charge >= 0.3 is 6.03 Å². The van der Waals surface area contributed by atoms with Crippen LogP contribution in [0.4, 0.5) is 16.3 Å². The fourth-order valence-electron chi connectivity index (χ4n) is 2.25. The third-order valence-electron chi connectivity index (χ3n) is 3.50. The minimum Gasteiger partial charge on any atom is -0.308 e. The molecule has 2 aromatic rings. The van der Waals surface area contributed by atoms with Crippen LogP contribution in [0.2, 0.25) is 0 Å². The van der Waals surface area contributed by atoms with Gasteiger partial charge in [0.1, 0.15) is 0 Å². The van der Waals surface area contributed by atoms with Crippen molar-refractivity contribution in [3.63, 3.8) is 0 Å². The van der Waals surface area contributed by atoms with Gasteiger partial charge in [-0.15, -0.1) is 0 Å². The summed E-state index contributed by atoms with van der Waals surface area (Å²) in [6.45, 7) is 4.08. The lowest BCUT2D eigenvalue weighted by molar-refractivity contribution is 0.262. The zero-order valence-electron chi connectivity index (χ0n) is 11.5. The van der Waals surface area contributed by atoms with E-state index < -0.39 is 0 Å². The van der Waals surface area contributed by atoms with E-state index in [1.807, 2.05) is 13.0 Å². The van der Waals surface area contributed by atoms with Crippen LogP contribution in [0.25, 0.3) is 0 Å². The minimum atomic E-state index is -0.308. The first-order chi connectivity index (χ1) is 9.61. The first kappa shape index (κ1) is 12.7. The Morgan fingerprint density at radius 1 is 1.40 bits per heavy atom. The Labute approximate surface area is 117 Å². The van der Waals surface area contributed by atoms with Crippen molar-refractivity contribution in [3.8, 4) is 0 Å². The van der Waals surface area contributed by atoms with E-state index in [1.54, 1.807) is 18.3 Å². The Hall–Kier alpha value is -2.37. The smallest absolute Gasteiger partial charge is 0.308 e. The third-order valence-corrected chi connectivity index (χ3v) is 3.50. The van der Waals surface area contributed by atoms with Gasteiger partial charge in [0.25, 0.3) is 0 Å². The van der Waals surface area contributed by atoms with Crippen LogP contribution in [0.15, 0.2) is 24.4 Å². The fourth-order valence-corrected chi connectivity index (χ4v) is 2.25. The van der Waals surface area contributed by atoms with E-state index in [0.29, 0.717) is 23.3 Å². The first-order valence-electron chi connectivity index (χ1n) is 6.68. The number of nitrogens with one attached hydrogen (secondary N) is 3. The number of urea groups is 1. The number of H-pyrrole nitrogens is 1. The number of aromatic nitrogens is 3. The Kier molecular flexibility index (Phi) is 3.14. The van der Waals surface area contributed by atoms with Crippen molar-refractivity contribution in [2.24, 2.45) is 5.92 Å². The van der Waals surface area contributed by atoms with Gasteiger partial charge in [-0.1, -0.05) is 6.92 Å². The van der Waals surface area contributed by atoms with Crippen molar-refractivity contribution < 1.29 is 4.79 Å². The molecular formula is C14H17N5O. The number of carbonyl (C=O) groups excluding carboxylic acids is 1. The number of nitrogens with zero attached hydrogens (tertiary/aromatic N) is 2. The number of anilines is 2. The van der Waals surface area contributed by atoms with Gasteiger partial charge in [0.15, 0.2) is 5.82 Å². The quantitative estimate of drug-likeness (QED) is 0.802. The molecule has 0 radical (unpaired) electrons. The van der Waals surface area contributed by atoms with Gasteiger partial charge in [0.05, 0.1) is 0 Å². The summed E-state index contributed by atoms with van der Waals surface area (Å²) < 4.78 is 0. The van der Waals surface area contributed by atoms with Gasteiger partial charge in [-0.3, -0.25) is 15.4 Å². The molecular weight excluding hydrogens is 254 g/mol. The Bertz CT molecular complexity index is 636. The average molecular weight is 271 g/mol. The molecule has 3 N–H and O–H groups in total. The number of rotatable bonds is 3. The molecule has 6 nitrogen and oxygen atoms in total. The van der Waals surface area contributed by atoms with Gasteiger partial charge in [-0.2, -0.15) is 5.10 Å². The molecule has 104 valence electrons. The van der Waals surface area contributed by atoms with Gasteiger partial charge in [0.2, 0.25) is 0 Å². The molecule has 1 fully saturated rings. The number of carbonyl (C=O) groups is 1. The number of hydrogen-bond donors (Lipinski definition) is 3.